The maximum Gasteiger partial charge on any atom is 0.315 e. The third-order valence-electron chi connectivity index (χ3n) is 1.49. The molecule has 0 amide bonds. The number of hydrogen-bond donors (Lipinski definition) is 1. The lowest BCUT2D eigenvalue weighted by atomic mass is 10.2. The molecule has 0 spiro atoms. The van der Waals surface area contributed by atoms with Crippen molar-refractivity contribution in [3.8, 4) is 5.75 Å². The maximum absolute atomic E-state index is 10.3. The number of aromatic hydroxyl groups is 1. The van der Waals surface area contributed by atoms with Gasteiger partial charge in [-0.3, -0.25) is 19.3 Å². The Labute approximate surface area is 65.1 Å². The molecule has 0 aliphatic carbocycles. The number of fused-ring (bicyclic) bond motifs is 1. The Morgan fingerprint density at radius 2 is 2.17 bits per heavy atom. The quantitative estimate of drug-likeness (QED) is 0.398. The first-order valence-corrected chi connectivity index (χ1v) is 3.05. The number of rotatable bonds is 1. The second-order valence-corrected chi connectivity index (χ2v) is 2.18. The molecule has 1 N–H and O–H groups in total. The molecule has 0 aliphatic rings. The maximum atomic E-state index is 10.3. The van der Waals surface area contributed by atoms with Gasteiger partial charge in [-0.2, -0.15) is 0 Å². The zero-order valence-electron chi connectivity index (χ0n) is 5.68. The summed E-state index contributed by atoms with van der Waals surface area (Å²) in [6.45, 7) is 0. The Morgan fingerprint density at radius 1 is 1.42 bits per heavy atom. The molecule has 0 saturated carbocycles. The van der Waals surface area contributed by atoms with Gasteiger partial charge in [-0.1, -0.05) is 0 Å². The third kappa shape index (κ3) is 0.685. The molecule has 12 heavy (non-hydrogen) atoms. The molecule has 0 bridgehead atoms. The number of phenols is 1. The van der Waals surface area contributed by atoms with Crippen molar-refractivity contribution < 1.29 is 19.2 Å². The van der Waals surface area contributed by atoms with Crippen LogP contribution in [0.4, 0.5) is 5.69 Å². The summed E-state index contributed by atoms with van der Waals surface area (Å²) in [5.74, 6) is -0.497. The van der Waals surface area contributed by atoms with E-state index in [0.29, 0.717) is 5.58 Å². The highest BCUT2D eigenvalue weighted by Crippen LogP contribution is 2.35. The fraction of sp³-hybridized carbons (Fsp3) is 0. The van der Waals surface area contributed by atoms with Crippen LogP contribution in [0.5, 0.6) is 5.75 Å². The van der Waals surface area contributed by atoms with E-state index in [2.05, 4.69) is 9.15 Å². The highest BCUT2D eigenvalue weighted by Gasteiger charge is 2.21. The average molecular weight is 169 g/mol. The number of hydrogen-bond acceptors (Lipinski definition) is 5. The summed E-state index contributed by atoms with van der Waals surface area (Å²) < 4.78 is 8.75. The van der Waals surface area contributed by atoms with E-state index in [-0.39, 0.29) is 5.58 Å². The standard InChI is InChI=1S/C6H3NO5/c8-5-3(7(9)10)1-2-4-6(5)12-11-4/h1-2,8H. The van der Waals surface area contributed by atoms with Gasteiger partial charge in [0.1, 0.15) is 0 Å². The topological polar surface area (TPSA) is 89.7 Å². The zero-order chi connectivity index (χ0) is 8.72. The van der Waals surface area contributed by atoms with Gasteiger partial charge in [0.15, 0.2) is 0 Å². The SMILES string of the molecule is O=[N+]([O-])c1ccc2ooc2c1O. The van der Waals surface area contributed by atoms with Crippen LogP contribution >= 0.6 is 0 Å². The summed E-state index contributed by atoms with van der Waals surface area (Å²) >= 11 is 0. The van der Waals surface area contributed by atoms with Gasteiger partial charge in [0, 0.05) is 6.07 Å². The molecule has 6 heteroatoms. The molecular formula is C6H3NO5. The first kappa shape index (κ1) is 6.71. The second kappa shape index (κ2) is 2.00. The third-order valence-corrected chi connectivity index (χ3v) is 1.49. The molecule has 0 unspecified atom stereocenters. The zero-order valence-corrected chi connectivity index (χ0v) is 5.68. The minimum absolute atomic E-state index is 0.0178. The van der Waals surface area contributed by atoms with E-state index < -0.39 is 16.4 Å². The van der Waals surface area contributed by atoms with Crippen LogP contribution in [0, 0.1) is 10.1 Å². The van der Waals surface area contributed by atoms with Crippen LogP contribution in [-0.4, -0.2) is 10.0 Å². The van der Waals surface area contributed by atoms with Crippen molar-refractivity contribution >= 4 is 16.9 Å². The van der Waals surface area contributed by atoms with Crippen molar-refractivity contribution in [3.63, 3.8) is 0 Å². The molecule has 2 rings (SSSR count). The monoisotopic (exact) mass is 169 g/mol. The van der Waals surface area contributed by atoms with Gasteiger partial charge in [0.05, 0.1) is 4.92 Å². The Morgan fingerprint density at radius 3 is 2.67 bits per heavy atom. The predicted octanol–water partition coefficient (Wildman–Crippen LogP) is 1.64. The van der Waals surface area contributed by atoms with Crippen molar-refractivity contribution in [2.75, 3.05) is 0 Å². The number of nitrogens with zero attached hydrogens (tertiary/aromatic N) is 1. The molecule has 0 fully saturated rings. The number of benzene rings is 1. The molecule has 0 atom stereocenters. The number of nitro groups is 1. The van der Waals surface area contributed by atoms with Crippen LogP contribution in [0.25, 0.3) is 11.2 Å². The Balaban J connectivity index is 2.72. The highest BCUT2D eigenvalue weighted by molar-refractivity contribution is 5.82. The average Bonchev–Trinajstić information content (AvgIpc) is 1.92. The molecule has 2 aromatic rings. The van der Waals surface area contributed by atoms with Crippen molar-refractivity contribution in [1.82, 2.24) is 0 Å². The van der Waals surface area contributed by atoms with Crippen LogP contribution in [0.15, 0.2) is 21.3 Å². The first-order valence-electron chi connectivity index (χ1n) is 3.05. The van der Waals surface area contributed by atoms with E-state index in [9.17, 15) is 10.1 Å². The van der Waals surface area contributed by atoms with Crippen LogP contribution in [0.2, 0.25) is 0 Å². The fourth-order valence-corrected chi connectivity index (χ4v) is 0.888. The molecule has 62 valence electrons. The molecule has 0 saturated heterocycles. The van der Waals surface area contributed by atoms with Gasteiger partial charge >= 0.3 is 5.69 Å². The molecule has 6 nitrogen and oxygen atoms in total. The van der Waals surface area contributed by atoms with Gasteiger partial charge in [0.2, 0.25) is 11.3 Å². The van der Waals surface area contributed by atoms with E-state index in [0.717, 1.165) is 6.07 Å². The minimum atomic E-state index is -0.697. The normalized spacial score (nSPS) is 10.7. The Bertz CT molecular complexity index is 440. The first-order chi connectivity index (χ1) is 5.70. The molecule has 1 aromatic heterocycles. The lowest BCUT2D eigenvalue weighted by Crippen LogP contribution is -1.89. The predicted molar refractivity (Wildman–Crippen MR) is 36.8 cm³/mol. The summed E-state index contributed by atoms with van der Waals surface area (Å²) in [4.78, 5) is 9.56. The number of phenolic OH excluding ortho intramolecular Hbond substituents is 1. The van der Waals surface area contributed by atoms with E-state index >= 15 is 0 Å². The van der Waals surface area contributed by atoms with Crippen molar-refractivity contribution in [3.05, 3.63) is 22.2 Å². The van der Waals surface area contributed by atoms with Gasteiger partial charge in [0.25, 0.3) is 5.58 Å². The molecule has 1 aromatic carbocycles. The van der Waals surface area contributed by atoms with Gasteiger partial charge in [-0.15, -0.1) is 0 Å². The van der Waals surface area contributed by atoms with Crippen LogP contribution < -0.4 is 0 Å². The summed E-state index contributed by atoms with van der Waals surface area (Å²) in [5, 5.41) is 19.4. The molecule has 0 aliphatic heterocycles. The summed E-state index contributed by atoms with van der Waals surface area (Å²) in [6, 6.07) is 2.51. The lowest BCUT2D eigenvalue weighted by molar-refractivity contribution is -0.385. The van der Waals surface area contributed by atoms with E-state index in [1.807, 2.05) is 0 Å². The molecular weight excluding hydrogens is 166 g/mol. The van der Waals surface area contributed by atoms with Crippen molar-refractivity contribution in [2.45, 2.75) is 0 Å². The van der Waals surface area contributed by atoms with Gasteiger partial charge in [-0.05, 0) is 6.07 Å². The summed E-state index contributed by atoms with van der Waals surface area (Å²) in [6.07, 6.45) is 0. The van der Waals surface area contributed by atoms with E-state index in [4.69, 9.17) is 5.11 Å². The van der Waals surface area contributed by atoms with Crippen molar-refractivity contribution in [1.29, 1.82) is 0 Å². The Hall–Kier alpha value is -1.98. The van der Waals surface area contributed by atoms with Crippen LogP contribution in [0.3, 0.4) is 0 Å². The van der Waals surface area contributed by atoms with Gasteiger partial charge < -0.3 is 5.11 Å². The lowest BCUT2D eigenvalue weighted by Gasteiger charge is -1.99. The Kier molecular flexibility index (Phi) is 1.12. The number of nitro benzene ring substituents is 1. The van der Waals surface area contributed by atoms with E-state index in [1.165, 1.54) is 6.07 Å². The van der Waals surface area contributed by atoms with Crippen molar-refractivity contribution in [2.24, 2.45) is 0 Å². The second-order valence-electron chi connectivity index (χ2n) is 2.18. The van der Waals surface area contributed by atoms with Gasteiger partial charge in [-0.25, -0.2) is 0 Å². The summed E-state index contributed by atoms with van der Waals surface area (Å²) in [7, 11) is 0. The largest absolute Gasteiger partial charge is 0.499 e. The fourth-order valence-electron chi connectivity index (χ4n) is 0.888. The van der Waals surface area contributed by atoms with Crippen LogP contribution in [0.1, 0.15) is 0 Å². The smallest absolute Gasteiger partial charge is 0.315 e. The van der Waals surface area contributed by atoms with E-state index in [1.54, 1.807) is 0 Å². The molecule has 1 heterocycles. The minimum Gasteiger partial charge on any atom is -0.499 e. The highest BCUT2D eigenvalue weighted by atomic mass is 17.0. The molecule has 0 radical (unpaired) electrons. The van der Waals surface area contributed by atoms with Crippen LogP contribution in [-0.2, 0) is 0 Å². The summed E-state index contributed by atoms with van der Waals surface area (Å²) in [5.41, 5.74) is -0.0700.